The molecular formula is C18H18N4O5. The zero-order valence-electron chi connectivity index (χ0n) is 14.4. The number of carbonyl (C=O) groups is 4. The molecule has 4 amide bonds. The monoisotopic (exact) mass is 370 g/mol. The van der Waals surface area contributed by atoms with Crippen LogP contribution in [0.15, 0.2) is 47.1 Å². The maximum atomic E-state index is 12.3. The van der Waals surface area contributed by atoms with Gasteiger partial charge in [0.2, 0.25) is 0 Å². The van der Waals surface area contributed by atoms with Crippen LogP contribution in [-0.2, 0) is 9.59 Å². The van der Waals surface area contributed by atoms with Gasteiger partial charge >= 0.3 is 11.8 Å². The normalized spacial score (nSPS) is 13.9. The molecule has 140 valence electrons. The van der Waals surface area contributed by atoms with Crippen molar-refractivity contribution in [1.82, 2.24) is 15.1 Å². The number of nitrogen functional groups attached to an aromatic ring is 1. The molecule has 2 aromatic rings. The average Bonchev–Trinajstić information content (AvgIpc) is 3.22. The average molecular weight is 370 g/mol. The third-order valence-corrected chi connectivity index (χ3v) is 4.21. The Morgan fingerprint density at radius 1 is 0.926 bits per heavy atom. The number of rotatable bonds is 2. The maximum absolute atomic E-state index is 12.3. The zero-order valence-corrected chi connectivity index (χ0v) is 14.4. The summed E-state index contributed by atoms with van der Waals surface area (Å²) in [7, 11) is 0. The highest BCUT2D eigenvalue weighted by Gasteiger charge is 2.30. The summed E-state index contributed by atoms with van der Waals surface area (Å²) in [5.41, 5.74) is 6.01. The Bertz CT molecular complexity index is 870. The largest absolute Gasteiger partial charge is 0.459 e. The molecule has 0 saturated carbocycles. The zero-order chi connectivity index (χ0) is 19.4. The van der Waals surface area contributed by atoms with Gasteiger partial charge in [-0.3, -0.25) is 24.5 Å². The molecule has 1 saturated heterocycles. The number of imide groups is 1. The van der Waals surface area contributed by atoms with Gasteiger partial charge in [0.05, 0.1) is 11.8 Å². The second-order valence-electron chi connectivity index (χ2n) is 5.93. The van der Waals surface area contributed by atoms with Crippen LogP contribution in [0.5, 0.6) is 0 Å². The molecule has 0 aliphatic carbocycles. The standard InChI is InChI=1S/C18H18N4O5/c19-13-5-2-1-4-12(13)15(23)20-16(24)18(26)22-9-7-21(8-10-22)17(25)14-6-3-11-27-14/h1-6,11H,7-10,19H2,(H,20,23,24). The smallest absolute Gasteiger partial charge is 0.316 e. The molecule has 1 aromatic heterocycles. The number of amides is 4. The van der Waals surface area contributed by atoms with E-state index in [1.165, 1.54) is 28.2 Å². The van der Waals surface area contributed by atoms with Gasteiger partial charge in [-0.1, -0.05) is 12.1 Å². The number of anilines is 1. The SMILES string of the molecule is Nc1ccccc1C(=O)NC(=O)C(=O)N1CCN(C(=O)c2ccco2)CC1. The first kappa shape index (κ1) is 18.2. The molecule has 1 aliphatic rings. The molecule has 1 aliphatic heterocycles. The van der Waals surface area contributed by atoms with Crippen molar-refractivity contribution in [3.63, 3.8) is 0 Å². The summed E-state index contributed by atoms with van der Waals surface area (Å²) < 4.78 is 5.07. The van der Waals surface area contributed by atoms with Crippen molar-refractivity contribution in [3.05, 3.63) is 54.0 Å². The van der Waals surface area contributed by atoms with Crippen LogP contribution < -0.4 is 11.1 Å². The van der Waals surface area contributed by atoms with Gasteiger partial charge < -0.3 is 20.0 Å². The van der Waals surface area contributed by atoms with Gasteiger partial charge in [-0.15, -0.1) is 0 Å². The van der Waals surface area contributed by atoms with Crippen LogP contribution in [0, 0.1) is 0 Å². The first-order valence-electron chi connectivity index (χ1n) is 8.29. The van der Waals surface area contributed by atoms with Crippen LogP contribution in [0.25, 0.3) is 0 Å². The van der Waals surface area contributed by atoms with E-state index in [1.807, 2.05) is 5.32 Å². The molecule has 0 radical (unpaired) electrons. The highest BCUT2D eigenvalue weighted by molar-refractivity contribution is 6.38. The van der Waals surface area contributed by atoms with Crippen LogP contribution in [0.1, 0.15) is 20.9 Å². The highest BCUT2D eigenvalue weighted by atomic mass is 16.3. The molecule has 0 bridgehead atoms. The van der Waals surface area contributed by atoms with Crippen molar-refractivity contribution in [1.29, 1.82) is 0 Å². The van der Waals surface area contributed by atoms with Crippen molar-refractivity contribution in [3.8, 4) is 0 Å². The Morgan fingerprint density at radius 2 is 1.59 bits per heavy atom. The van der Waals surface area contributed by atoms with Crippen molar-refractivity contribution in [2.45, 2.75) is 0 Å². The predicted molar refractivity (Wildman–Crippen MR) is 94.5 cm³/mol. The third-order valence-electron chi connectivity index (χ3n) is 4.21. The number of benzene rings is 1. The minimum absolute atomic E-state index is 0.118. The fourth-order valence-corrected chi connectivity index (χ4v) is 2.74. The topological polar surface area (TPSA) is 126 Å². The molecule has 1 aromatic carbocycles. The van der Waals surface area contributed by atoms with Crippen molar-refractivity contribution in [2.24, 2.45) is 0 Å². The van der Waals surface area contributed by atoms with Gasteiger partial charge in [0.1, 0.15) is 0 Å². The van der Waals surface area contributed by atoms with E-state index in [9.17, 15) is 19.2 Å². The summed E-state index contributed by atoms with van der Waals surface area (Å²) >= 11 is 0. The van der Waals surface area contributed by atoms with Crippen molar-refractivity contribution in [2.75, 3.05) is 31.9 Å². The minimum atomic E-state index is -1.03. The number of nitrogens with one attached hydrogen (secondary N) is 1. The predicted octanol–water partition coefficient (Wildman–Crippen LogP) is 0.103. The second kappa shape index (κ2) is 7.73. The molecule has 27 heavy (non-hydrogen) atoms. The highest BCUT2D eigenvalue weighted by Crippen LogP contribution is 2.11. The number of hydrogen-bond acceptors (Lipinski definition) is 6. The van der Waals surface area contributed by atoms with E-state index >= 15 is 0 Å². The second-order valence-corrected chi connectivity index (χ2v) is 5.93. The van der Waals surface area contributed by atoms with E-state index < -0.39 is 17.7 Å². The number of furan rings is 1. The Balaban J connectivity index is 1.54. The lowest BCUT2D eigenvalue weighted by Gasteiger charge is -2.33. The van der Waals surface area contributed by atoms with Gasteiger partial charge in [-0.05, 0) is 24.3 Å². The molecule has 3 N–H and O–H groups in total. The first-order valence-corrected chi connectivity index (χ1v) is 8.29. The van der Waals surface area contributed by atoms with E-state index in [0.717, 1.165) is 0 Å². The molecule has 9 nitrogen and oxygen atoms in total. The number of hydrogen-bond donors (Lipinski definition) is 2. The van der Waals surface area contributed by atoms with Gasteiger partial charge in [0, 0.05) is 31.9 Å². The Kier molecular flexibility index (Phi) is 5.20. The summed E-state index contributed by atoms with van der Waals surface area (Å²) in [6.07, 6.45) is 1.41. The number of piperazine rings is 1. The quantitative estimate of drug-likeness (QED) is 0.570. The molecule has 0 unspecified atom stereocenters. The molecule has 3 rings (SSSR count). The minimum Gasteiger partial charge on any atom is -0.459 e. The van der Waals surface area contributed by atoms with Crippen molar-refractivity contribution < 1.29 is 23.6 Å². The maximum Gasteiger partial charge on any atom is 0.316 e. The lowest BCUT2D eigenvalue weighted by atomic mass is 10.1. The van der Waals surface area contributed by atoms with E-state index in [0.29, 0.717) is 0 Å². The fourth-order valence-electron chi connectivity index (χ4n) is 2.74. The van der Waals surface area contributed by atoms with Crippen LogP contribution in [0.2, 0.25) is 0 Å². The number of nitrogens with two attached hydrogens (primary N) is 1. The molecular weight excluding hydrogens is 352 g/mol. The molecule has 1 fully saturated rings. The lowest BCUT2D eigenvalue weighted by Crippen LogP contribution is -2.54. The van der Waals surface area contributed by atoms with Gasteiger partial charge in [0.25, 0.3) is 11.8 Å². The van der Waals surface area contributed by atoms with Gasteiger partial charge in [-0.2, -0.15) is 0 Å². The van der Waals surface area contributed by atoms with E-state index in [2.05, 4.69) is 0 Å². The first-order chi connectivity index (χ1) is 13.0. The van der Waals surface area contributed by atoms with Crippen LogP contribution >= 0.6 is 0 Å². The summed E-state index contributed by atoms with van der Waals surface area (Å²) in [6.45, 7) is 0.886. The Hall–Kier alpha value is -3.62. The molecule has 0 spiro atoms. The summed E-state index contributed by atoms with van der Waals surface area (Å²) in [5, 5.41) is 2.05. The molecule has 2 heterocycles. The van der Waals surface area contributed by atoms with E-state index in [4.69, 9.17) is 10.2 Å². The van der Waals surface area contributed by atoms with E-state index in [1.54, 1.807) is 24.3 Å². The number of carbonyl (C=O) groups excluding carboxylic acids is 4. The number of nitrogens with zero attached hydrogens (tertiary/aromatic N) is 2. The van der Waals surface area contributed by atoms with Crippen LogP contribution in [0.3, 0.4) is 0 Å². The third kappa shape index (κ3) is 3.97. The lowest BCUT2D eigenvalue weighted by molar-refractivity contribution is -0.146. The Labute approximate surface area is 154 Å². The fraction of sp³-hybridized carbons (Fsp3) is 0.222. The Morgan fingerprint density at radius 3 is 2.22 bits per heavy atom. The van der Waals surface area contributed by atoms with Crippen LogP contribution in [-0.4, -0.2) is 59.6 Å². The molecule has 9 heteroatoms. The molecule has 0 atom stereocenters. The summed E-state index contributed by atoms with van der Waals surface area (Å²) in [4.78, 5) is 51.5. The van der Waals surface area contributed by atoms with Gasteiger partial charge in [-0.25, -0.2) is 0 Å². The van der Waals surface area contributed by atoms with Gasteiger partial charge in [0.15, 0.2) is 5.76 Å². The van der Waals surface area contributed by atoms with E-state index in [-0.39, 0.29) is 49.1 Å². The van der Waals surface area contributed by atoms with Crippen molar-refractivity contribution >= 4 is 29.3 Å². The number of para-hydroxylation sites is 1. The summed E-state index contributed by atoms with van der Waals surface area (Å²) in [5.74, 6) is -2.65. The summed E-state index contributed by atoms with van der Waals surface area (Å²) in [6, 6.07) is 9.43. The van der Waals surface area contributed by atoms with Crippen LogP contribution in [0.4, 0.5) is 5.69 Å².